The highest BCUT2D eigenvalue weighted by Gasteiger charge is 2.33. The first kappa shape index (κ1) is 29.3. The highest BCUT2D eigenvalue weighted by Crippen LogP contribution is 2.31. The minimum absolute atomic E-state index is 0.0427. The van der Waals surface area contributed by atoms with Gasteiger partial charge in [0.2, 0.25) is 10.0 Å². The number of rotatable bonds is 10. The number of morpholine rings is 1. The van der Waals surface area contributed by atoms with Gasteiger partial charge in [-0.25, -0.2) is 16.8 Å². The molecule has 1 aliphatic rings. The third-order valence-electron chi connectivity index (χ3n) is 5.08. The fourth-order valence-corrected chi connectivity index (χ4v) is 7.36. The second-order valence-corrected chi connectivity index (χ2v) is 13.7. The molecule has 0 amide bonds. The van der Waals surface area contributed by atoms with E-state index in [2.05, 4.69) is 0 Å². The first-order valence-corrected chi connectivity index (χ1v) is 15.7. The Morgan fingerprint density at radius 2 is 1.38 bits per heavy atom. The molecule has 1 atom stereocenters. The van der Waals surface area contributed by atoms with Crippen molar-refractivity contribution in [2.45, 2.75) is 17.2 Å². The molecule has 0 bridgehead atoms. The van der Waals surface area contributed by atoms with E-state index < -0.39 is 59.3 Å². The van der Waals surface area contributed by atoms with E-state index in [9.17, 15) is 38.4 Å². The van der Waals surface area contributed by atoms with E-state index in [0.29, 0.717) is 6.26 Å². The van der Waals surface area contributed by atoms with Crippen molar-refractivity contribution in [1.29, 1.82) is 0 Å². The molecule has 37 heavy (non-hydrogen) atoms. The largest absolute Gasteiger partial charge is 0.457 e. The van der Waals surface area contributed by atoms with Crippen LogP contribution in [0.1, 0.15) is 5.56 Å². The normalized spacial score (nSPS) is 16.9. The lowest BCUT2D eigenvalue weighted by atomic mass is 10.2. The summed E-state index contributed by atoms with van der Waals surface area (Å²) >= 11 is 0. The molecule has 1 unspecified atom stereocenters. The third kappa shape index (κ3) is 8.65. The standard InChI is InChI=1S/C21H24F3NO9S3/c1-35(26,27)34-19(15-37(30,31)25-10-12-32-13-11-25)14-36(28,29)20-8-6-18(7-9-20)33-17-4-2-16(3-5-17)21(22,23)24/h2-9,19H,10-15H2,1H3. The predicted molar refractivity (Wildman–Crippen MR) is 126 cm³/mol. The Balaban J connectivity index is 1.74. The number of halogens is 3. The van der Waals surface area contributed by atoms with Crippen molar-refractivity contribution in [3.05, 3.63) is 54.1 Å². The fraction of sp³-hybridized carbons (Fsp3) is 0.429. The van der Waals surface area contributed by atoms with E-state index in [-0.39, 0.29) is 42.7 Å². The summed E-state index contributed by atoms with van der Waals surface area (Å²) < 4.78 is 129. The third-order valence-corrected chi connectivity index (χ3v) is 9.44. The SMILES string of the molecule is CS(=O)(=O)OC(CS(=O)(=O)c1ccc(Oc2ccc(C(F)(F)F)cc2)cc1)CS(=O)(=O)N1CCOCC1. The van der Waals surface area contributed by atoms with Gasteiger partial charge in [0.25, 0.3) is 10.1 Å². The zero-order valence-corrected chi connectivity index (χ0v) is 21.9. The predicted octanol–water partition coefficient (Wildman–Crippen LogP) is 2.28. The maximum Gasteiger partial charge on any atom is 0.416 e. The van der Waals surface area contributed by atoms with Gasteiger partial charge in [0.15, 0.2) is 9.84 Å². The number of nitrogens with zero attached hydrogens (tertiary/aromatic N) is 1. The van der Waals surface area contributed by atoms with E-state index in [1.165, 1.54) is 12.1 Å². The Bertz CT molecular complexity index is 1390. The van der Waals surface area contributed by atoms with Gasteiger partial charge in [-0.15, -0.1) is 0 Å². The zero-order chi connectivity index (χ0) is 27.5. The van der Waals surface area contributed by atoms with Crippen molar-refractivity contribution in [1.82, 2.24) is 4.31 Å². The van der Waals surface area contributed by atoms with Crippen LogP contribution in [0.3, 0.4) is 0 Å². The van der Waals surface area contributed by atoms with Crippen LogP contribution in [0.2, 0.25) is 0 Å². The van der Waals surface area contributed by atoms with Crippen molar-refractivity contribution >= 4 is 30.0 Å². The highest BCUT2D eigenvalue weighted by molar-refractivity contribution is 7.92. The topological polar surface area (TPSA) is 133 Å². The van der Waals surface area contributed by atoms with Gasteiger partial charge in [0, 0.05) is 13.1 Å². The molecule has 2 aromatic carbocycles. The van der Waals surface area contributed by atoms with Gasteiger partial charge in [0.05, 0.1) is 41.4 Å². The Labute approximate surface area is 213 Å². The molecule has 0 N–H and O–H groups in total. The Morgan fingerprint density at radius 3 is 1.86 bits per heavy atom. The summed E-state index contributed by atoms with van der Waals surface area (Å²) in [6, 6.07) is 8.67. The summed E-state index contributed by atoms with van der Waals surface area (Å²) in [5.74, 6) is -1.62. The lowest BCUT2D eigenvalue weighted by molar-refractivity contribution is -0.137. The van der Waals surface area contributed by atoms with Crippen LogP contribution in [0, 0.1) is 0 Å². The second kappa shape index (κ2) is 11.2. The quantitative estimate of drug-likeness (QED) is 0.384. The second-order valence-electron chi connectivity index (χ2n) is 8.09. The van der Waals surface area contributed by atoms with Gasteiger partial charge in [-0.3, -0.25) is 4.18 Å². The maximum absolute atomic E-state index is 12.9. The zero-order valence-electron chi connectivity index (χ0n) is 19.4. The first-order valence-electron chi connectivity index (χ1n) is 10.7. The molecule has 1 fully saturated rings. The monoisotopic (exact) mass is 587 g/mol. The molecule has 16 heteroatoms. The minimum Gasteiger partial charge on any atom is -0.457 e. The van der Waals surface area contributed by atoms with Gasteiger partial charge < -0.3 is 9.47 Å². The van der Waals surface area contributed by atoms with Gasteiger partial charge >= 0.3 is 6.18 Å². The average Bonchev–Trinajstić information content (AvgIpc) is 2.78. The smallest absolute Gasteiger partial charge is 0.416 e. The molecular weight excluding hydrogens is 563 g/mol. The average molecular weight is 588 g/mol. The first-order chi connectivity index (χ1) is 17.1. The van der Waals surface area contributed by atoms with Crippen molar-refractivity contribution in [3.8, 4) is 11.5 Å². The molecule has 0 aromatic heterocycles. The van der Waals surface area contributed by atoms with Crippen LogP contribution in [0.25, 0.3) is 0 Å². The lowest BCUT2D eigenvalue weighted by Gasteiger charge is -2.27. The summed E-state index contributed by atoms with van der Waals surface area (Å²) in [6.45, 7) is 0.383. The maximum atomic E-state index is 12.9. The van der Waals surface area contributed by atoms with E-state index in [0.717, 1.165) is 40.7 Å². The molecule has 3 rings (SSSR count). The number of alkyl halides is 3. The van der Waals surface area contributed by atoms with E-state index in [1.807, 2.05) is 0 Å². The van der Waals surface area contributed by atoms with Crippen molar-refractivity contribution < 1.29 is 52.1 Å². The molecule has 0 spiro atoms. The molecule has 10 nitrogen and oxygen atoms in total. The van der Waals surface area contributed by atoms with Crippen molar-refractivity contribution in [3.63, 3.8) is 0 Å². The van der Waals surface area contributed by atoms with E-state index in [1.54, 1.807) is 0 Å². The number of hydrogen-bond acceptors (Lipinski definition) is 9. The van der Waals surface area contributed by atoms with Crippen LogP contribution in [-0.2, 0) is 45.1 Å². The highest BCUT2D eigenvalue weighted by atomic mass is 32.2. The molecule has 2 aromatic rings. The Morgan fingerprint density at radius 1 is 0.865 bits per heavy atom. The number of sulfonamides is 1. The van der Waals surface area contributed by atoms with Gasteiger partial charge in [-0.1, -0.05) is 0 Å². The number of sulfone groups is 1. The molecule has 0 aliphatic carbocycles. The van der Waals surface area contributed by atoms with Crippen LogP contribution in [0.4, 0.5) is 13.2 Å². The molecular formula is C21H24F3NO9S3. The van der Waals surface area contributed by atoms with Crippen LogP contribution in [0.15, 0.2) is 53.4 Å². The van der Waals surface area contributed by atoms with Crippen molar-refractivity contribution in [2.75, 3.05) is 44.1 Å². The molecule has 206 valence electrons. The van der Waals surface area contributed by atoms with Gasteiger partial charge in [-0.05, 0) is 48.5 Å². The number of ether oxygens (including phenoxy) is 2. The van der Waals surface area contributed by atoms with Crippen LogP contribution in [-0.4, -0.2) is 79.7 Å². The van der Waals surface area contributed by atoms with Gasteiger partial charge in [-0.2, -0.15) is 25.9 Å². The molecule has 0 radical (unpaired) electrons. The van der Waals surface area contributed by atoms with Crippen molar-refractivity contribution in [2.24, 2.45) is 0 Å². The van der Waals surface area contributed by atoms with Gasteiger partial charge in [0.1, 0.15) is 17.6 Å². The van der Waals surface area contributed by atoms with E-state index >= 15 is 0 Å². The Hall–Kier alpha value is -2.24. The minimum atomic E-state index is -4.51. The van der Waals surface area contributed by atoms with Crippen LogP contribution >= 0.6 is 0 Å². The summed E-state index contributed by atoms with van der Waals surface area (Å²) in [7, 11) is -12.5. The molecule has 1 saturated heterocycles. The molecule has 0 saturated carbocycles. The van der Waals surface area contributed by atoms with E-state index in [4.69, 9.17) is 13.7 Å². The molecule has 1 heterocycles. The Kier molecular flexibility index (Phi) is 8.91. The molecule has 1 aliphatic heterocycles. The fourth-order valence-electron chi connectivity index (χ4n) is 3.42. The summed E-state index contributed by atoms with van der Waals surface area (Å²) in [5, 5.41) is 0. The number of benzene rings is 2. The summed E-state index contributed by atoms with van der Waals surface area (Å²) in [6.07, 6.45) is -5.54. The van der Waals surface area contributed by atoms with Crippen LogP contribution < -0.4 is 4.74 Å². The number of hydrogen-bond donors (Lipinski definition) is 0. The summed E-state index contributed by atoms with van der Waals surface area (Å²) in [4.78, 5) is -0.266. The van der Waals surface area contributed by atoms with Crippen LogP contribution in [0.5, 0.6) is 11.5 Å². The lowest BCUT2D eigenvalue weighted by Crippen LogP contribution is -2.45. The summed E-state index contributed by atoms with van der Waals surface area (Å²) in [5.41, 5.74) is -0.859.